The van der Waals surface area contributed by atoms with Crippen molar-refractivity contribution >= 4 is 17.6 Å². The predicted molar refractivity (Wildman–Crippen MR) is 122 cm³/mol. The van der Waals surface area contributed by atoms with Gasteiger partial charge in [-0.1, -0.05) is 35.9 Å². The molecule has 0 amide bonds. The van der Waals surface area contributed by atoms with Crippen molar-refractivity contribution in [3.8, 4) is 11.5 Å². The Morgan fingerprint density at radius 3 is 2.55 bits per heavy atom. The molecule has 7 nitrogen and oxygen atoms in total. The fourth-order valence-electron chi connectivity index (χ4n) is 3.74. The SMILES string of the molecule is CN=C(NCc1cc(Cl)c2c(c1)OCCO2)NCc1ccccc1CN1CCOCC1. The molecule has 1 fully saturated rings. The van der Waals surface area contributed by atoms with Gasteiger partial charge in [0.15, 0.2) is 17.5 Å². The van der Waals surface area contributed by atoms with Gasteiger partial charge in [-0.3, -0.25) is 9.89 Å². The summed E-state index contributed by atoms with van der Waals surface area (Å²) in [6, 6.07) is 12.4. The van der Waals surface area contributed by atoms with E-state index in [1.165, 1.54) is 11.1 Å². The van der Waals surface area contributed by atoms with Crippen LogP contribution in [0.3, 0.4) is 0 Å². The molecule has 2 heterocycles. The maximum Gasteiger partial charge on any atom is 0.191 e. The van der Waals surface area contributed by atoms with E-state index in [9.17, 15) is 0 Å². The van der Waals surface area contributed by atoms with Crippen LogP contribution < -0.4 is 20.1 Å². The number of fused-ring (bicyclic) bond motifs is 1. The summed E-state index contributed by atoms with van der Waals surface area (Å²) in [4.78, 5) is 6.78. The summed E-state index contributed by atoms with van der Waals surface area (Å²) in [5.74, 6) is 2.04. The molecule has 8 heteroatoms. The van der Waals surface area contributed by atoms with Gasteiger partial charge in [0.25, 0.3) is 0 Å². The molecular weight excluding hydrogens is 416 g/mol. The van der Waals surface area contributed by atoms with E-state index in [4.69, 9.17) is 25.8 Å². The van der Waals surface area contributed by atoms with Crippen molar-refractivity contribution in [1.29, 1.82) is 0 Å². The summed E-state index contributed by atoms with van der Waals surface area (Å²) in [5.41, 5.74) is 3.59. The van der Waals surface area contributed by atoms with Crippen molar-refractivity contribution in [3.05, 3.63) is 58.1 Å². The van der Waals surface area contributed by atoms with Crippen LogP contribution in [0.25, 0.3) is 0 Å². The smallest absolute Gasteiger partial charge is 0.191 e. The quantitative estimate of drug-likeness (QED) is 0.527. The van der Waals surface area contributed by atoms with Crippen LogP contribution in [-0.2, 0) is 24.4 Å². The third-order valence-corrected chi connectivity index (χ3v) is 5.68. The molecule has 1 saturated heterocycles. The molecule has 0 bridgehead atoms. The van der Waals surface area contributed by atoms with E-state index in [1.807, 2.05) is 12.1 Å². The Labute approximate surface area is 188 Å². The first-order chi connectivity index (χ1) is 15.2. The van der Waals surface area contributed by atoms with Gasteiger partial charge in [-0.15, -0.1) is 0 Å². The molecule has 0 unspecified atom stereocenters. The van der Waals surface area contributed by atoms with Crippen LogP contribution in [0, 0.1) is 0 Å². The average Bonchev–Trinajstić information content (AvgIpc) is 2.81. The molecule has 0 atom stereocenters. The Balaban J connectivity index is 1.34. The third kappa shape index (κ3) is 5.81. The molecule has 0 radical (unpaired) electrons. The fourth-order valence-corrected chi connectivity index (χ4v) is 4.02. The lowest BCUT2D eigenvalue weighted by Crippen LogP contribution is -2.37. The minimum Gasteiger partial charge on any atom is -0.486 e. The molecule has 0 aliphatic carbocycles. The lowest BCUT2D eigenvalue weighted by molar-refractivity contribution is 0.0341. The monoisotopic (exact) mass is 444 g/mol. The van der Waals surface area contributed by atoms with Crippen LogP contribution in [0.4, 0.5) is 0 Å². The Morgan fingerprint density at radius 2 is 1.74 bits per heavy atom. The second kappa shape index (κ2) is 10.7. The van der Waals surface area contributed by atoms with E-state index in [0.29, 0.717) is 42.8 Å². The molecule has 2 aliphatic rings. The molecule has 2 aliphatic heterocycles. The Kier molecular flexibility index (Phi) is 7.51. The number of aliphatic imine (C=N–C) groups is 1. The molecule has 0 saturated carbocycles. The fraction of sp³-hybridized carbons (Fsp3) is 0.435. The first-order valence-electron chi connectivity index (χ1n) is 10.6. The highest BCUT2D eigenvalue weighted by molar-refractivity contribution is 6.32. The van der Waals surface area contributed by atoms with Crippen molar-refractivity contribution in [2.45, 2.75) is 19.6 Å². The number of guanidine groups is 1. The standard InChI is InChI=1S/C23H29ClN4O3/c1-25-23(26-14-17-12-20(24)22-21(13-17)30-10-11-31-22)27-15-18-4-2-3-5-19(18)16-28-6-8-29-9-7-28/h2-5,12-13H,6-11,14-16H2,1H3,(H2,25,26,27). The second-order valence-corrected chi connectivity index (χ2v) is 7.95. The van der Waals surface area contributed by atoms with Gasteiger partial charge < -0.3 is 24.8 Å². The van der Waals surface area contributed by atoms with Crippen molar-refractivity contribution in [3.63, 3.8) is 0 Å². The second-order valence-electron chi connectivity index (χ2n) is 7.54. The number of halogens is 1. The third-order valence-electron chi connectivity index (χ3n) is 5.40. The molecule has 2 N–H and O–H groups in total. The number of rotatable bonds is 6. The molecule has 0 spiro atoms. The van der Waals surface area contributed by atoms with Gasteiger partial charge in [0.2, 0.25) is 0 Å². The van der Waals surface area contributed by atoms with Crippen LogP contribution >= 0.6 is 11.6 Å². The zero-order valence-electron chi connectivity index (χ0n) is 17.8. The summed E-state index contributed by atoms with van der Waals surface area (Å²) in [6.45, 7) is 6.82. The van der Waals surface area contributed by atoms with Crippen molar-refractivity contribution in [2.75, 3.05) is 46.6 Å². The normalized spacial score (nSPS) is 16.8. The molecule has 2 aromatic carbocycles. The molecule has 31 heavy (non-hydrogen) atoms. The Morgan fingerprint density at radius 1 is 1.00 bits per heavy atom. The van der Waals surface area contributed by atoms with Crippen LogP contribution in [0.2, 0.25) is 5.02 Å². The maximum absolute atomic E-state index is 6.34. The highest BCUT2D eigenvalue weighted by atomic mass is 35.5. The first-order valence-corrected chi connectivity index (χ1v) is 11.0. The summed E-state index contributed by atoms with van der Waals surface area (Å²) in [5, 5.41) is 7.33. The van der Waals surface area contributed by atoms with Gasteiger partial charge in [0.1, 0.15) is 13.2 Å². The van der Waals surface area contributed by atoms with Gasteiger partial charge >= 0.3 is 0 Å². The van der Waals surface area contributed by atoms with Crippen LogP contribution in [0.1, 0.15) is 16.7 Å². The zero-order valence-corrected chi connectivity index (χ0v) is 18.6. The largest absolute Gasteiger partial charge is 0.486 e. The van der Waals surface area contributed by atoms with Crippen molar-refractivity contribution in [2.24, 2.45) is 4.99 Å². The van der Waals surface area contributed by atoms with Crippen LogP contribution in [0.5, 0.6) is 11.5 Å². The average molecular weight is 445 g/mol. The number of ether oxygens (including phenoxy) is 3. The summed E-state index contributed by atoms with van der Waals surface area (Å²) in [6.07, 6.45) is 0. The van der Waals surface area contributed by atoms with Crippen LogP contribution in [0.15, 0.2) is 41.4 Å². The predicted octanol–water partition coefficient (Wildman–Crippen LogP) is 2.81. The maximum atomic E-state index is 6.34. The number of nitrogens with zero attached hydrogens (tertiary/aromatic N) is 2. The number of morpholine rings is 1. The number of hydrogen-bond acceptors (Lipinski definition) is 5. The molecule has 2 aromatic rings. The molecule has 4 rings (SSSR count). The molecule has 0 aromatic heterocycles. The lowest BCUT2D eigenvalue weighted by atomic mass is 10.1. The van der Waals surface area contributed by atoms with E-state index >= 15 is 0 Å². The van der Waals surface area contributed by atoms with Gasteiger partial charge in [0.05, 0.1) is 18.2 Å². The summed E-state index contributed by atoms with van der Waals surface area (Å²) >= 11 is 6.34. The number of hydrogen-bond donors (Lipinski definition) is 2. The van der Waals surface area contributed by atoms with Gasteiger partial charge in [-0.2, -0.15) is 0 Å². The summed E-state index contributed by atoms with van der Waals surface area (Å²) in [7, 11) is 1.77. The van der Waals surface area contributed by atoms with E-state index in [1.54, 1.807) is 7.05 Å². The highest BCUT2D eigenvalue weighted by Gasteiger charge is 2.17. The first kappa shape index (κ1) is 21.7. The zero-order chi connectivity index (χ0) is 21.5. The van der Waals surface area contributed by atoms with E-state index in [-0.39, 0.29) is 0 Å². The van der Waals surface area contributed by atoms with Gasteiger partial charge in [0, 0.05) is 39.8 Å². The van der Waals surface area contributed by atoms with Crippen LogP contribution in [-0.4, -0.2) is 57.4 Å². The minimum atomic E-state index is 0.522. The van der Waals surface area contributed by atoms with Gasteiger partial charge in [-0.05, 0) is 28.8 Å². The van der Waals surface area contributed by atoms with Gasteiger partial charge in [-0.25, -0.2) is 0 Å². The lowest BCUT2D eigenvalue weighted by Gasteiger charge is -2.27. The van der Waals surface area contributed by atoms with E-state index < -0.39 is 0 Å². The molecule has 166 valence electrons. The minimum absolute atomic E-state index is 0.522. The van der Waals surface area contributed by atoms with Crippen molar-refractivity contribution in [1.82, 2.24) is 15.5 Å². The molecular formula is C23H29ClN4O3. The van der Waals surface area contributed by atoms with E-state index in [2.05, 4.69) is 44.8 Å². The van der Waals surface area contributed by atoms with E-state index in [0.717, 1.165) is 44.4 Å². The van der Waals surface area contributed by atoms with Crippen molar-refractivity contribution < 1.29 is 14.2 Å². The summed E-state index contributed by atoms with van der Waals surface area (Å²) < 4.78 is 16.7. The highest BCUT2D eigenvalue weighted by Crippen LogP contribution is 2.38. The number of benzene rings is 2. The Bertz CT molecular complexity index is 916. The Hall–Kier alpha value is -2.48. The topological polar surface area (TPSA) is 67.4 Å². The number of nitrogens with one attached hydrogen (secondary N) is 2.